The predicted octanol–water partition coefficient (Wildman–Crippen LogP) is 6.82. The summed E-state index contributed by atoms with van der Waals surface area (Å²) in [6.45, 7) is 12.4. The molecule has 0 bridgehead atoms. The molecule has 4 aliphatic carbocycles. The molecule has 0 saturated heterocycles. The number of hydrogen-bond acceptors (Lipinski definition) is 1. The third kappa shape index (κ3) is 2.59. The molecule has 4 rings (SSSR count). The van der Waals surface area contributed by atoms with Crippen molar-refractivity contribution in [3.8, 4) is 0 Å². The number of carbonyl (C=O) groups is 1. The van der Waals surface area contributed by atoms with Crippen LogP contribution in [-0.2, 0) is 4.79 Å². The Hall–Kier alpha value is -0.590. The van der Waals surface area contributed by atoms with Gasteiger partial charge in [-0.05, 0) is 90.8 Å². The molecule has 0 aromatic rings. The summed E-state index contributed by atoms with van der Waals surface area (Å²) >= 11 is 0. The molecule has 146 valence electrons. The molecular formula is C25H40O. The molecule has 26 heavy (non-hydrogen) atoms. The number of allylic oxidation sites excluding steroid dienone is 2. The summed E-state index contributed by atoms with van der Waals surface area (Å²) < 4.78 is 0. The van der Waals surface area contributed by atoms with Crippen molar-refractivity contribution in [2.45, 2.75) is 92.4 Å². The maximum Gasteiger partial charge on any atom is 0.133 e. The Balaban J connectivity index is 1.61. The first-order chi connectivity index (χ1) is 12.2. The highest BCUT2D eigenvalue weighted by Crippen LogP contribution is 2.70. The van der Waals surface area contributed by atoms with Gasteiger partial charge in [-0.3, -0.25) is 4.79 Å². The van der Waals surface area contributed by atoms with E-state index in [1.54, 1.807) is 0 Å². The molecule has 0 N–H and O–H groups in total. The lowest BCUT2D eigenvalue weighted by atomic mass is 9.43. The number of hydrogen-bond donors (Lipinski definition) is 0. The third-order valence-corrected chi connectivity index (χ3v) is 10.00. The van der Waals surface area contributed by atoms with E-state index >= 15 is 0 Å². The second kappa shape index (κ2) is 6.21. The first-order valence-electron chi connectivity index (χ1n) is 11.4. The van der Waals surface area contributed by atoms with Crippen molar-refractivity contribution >= 4 is 5.78 Å². The van der Waals surface area contributed by atoms with Crippen LogP contribution < -0.4 is 0 Å². The van der Waals surface area contributed by atoms with Crippen molar-refractivity contribution in [3.63, 3.8) is 0 Å². The monoisotopic (exact) mass is 356 g/mol. The van der Waals surface area contributed by atoms with Crippen molar-refractivity contribution in [1.29, 1.82) is 0 Å². The molecule has 4 fully saturated rings. The van der Waals surface area contributed by atoms with Crippen LogP contribution in [0.15, 0.2) is 12.2 Å². The lowest BCUT2D eigenvalue weighted by Gasteiger charge is -2.61. The standard InChI is InChI=1S/C25H40O/c1-17(2)8-12-23(3)13-10-22-20-7-6-18-16-19(26)9-14-24(18,4)21(20)11-15-25(22,23)5/h8,12,17-18,20-22H,6-7,9-11,13-16H2,1-5H3/b12-8+/t18?,20?,21-,22-,23-,24-,25-/m0/s1. The van der Waals surface area contributed by atoms with E-state index in [4.69, 9.17) is 0 Å². The van der Waals surface area contributed by atoms with Crippen LogP contribution in [0.25, 0.3) is 0 Å². The zero-order valence-corrected chi connectivity index (χ0v) is 17.8. The molecule has 4 saturated carbocycles. The quantitative estimate of drug-likeness (QED) is 0.496. The van der Waals surface area contributed by atoms with Gasteiger partial charge in [0.15, 0.2) is 0 Å². The molecule has 0 radical (unpaired) electrons. The Labute approximate surface area is 161 Å². The molecule has 0 aromatic heterocycles. The fourth-order valence-electron chi connectivity index (χ4n) is 8.03. The topological polar surface area (TPSA) is 17.1 Å². The maximum atomic E-state index is 12.1. The van der Waals surface area contributed by atoms with Gasteiger partial charge < -0.3 is 0 Å². The van der Waals surface area contributed by atoms with E-state index in [1.807, 2.05) is 0 Å². The van der Waals surface area contributed by atoms with Gasteiger partial charge in [0.1, 0.15) is 5.78 Å². The van der Waals surface area contributed by atoms with Crippen LogP contribution in [0.2, 0.25) is 0 Å². The highest BCUT2D eigenvalue weighted by atomic mass is 16.1. The predicted molar refractivity (Wildman–Crippen MR) is 109 cm³/mol. The Morgan fingerprint density at radius 3 is 2.42 bits per heavy atom. The molecule has 4 aliphatic rings. The molecule has 7 atom stereocenters. The summed E-state index contributed by atoms with van der Waals surface area (Å²) in [7, 11) is 0. The summed E-state index contributed by atoms with van der Waals surface area (Å²) in [6, 6.07) is 0. The van der Waals surface area contributed by atoms with E-state index in [9.17, 15) is 4.79 Å². The van der Waals surface area contributed by atoms with Crippen molar-refractivity contribution < 1.29 is 4.79 Å². The minimum atomic E-state index is 0.382. The van der Waals surface area contributed by atoms with Crippen molar-refractivity contribution in [3.05, 3.63) is 12.2 Å². The smallest absolute Gasteiger partial charge is 0.133 e. The Morgan fingerprint density at radius 2 is 1.69 bits per heavy atom. The van der Waals surface area contributed by atoms with Crippen LogP contribution in [0.1, 0.15) is 92.4 Å². The maximum absolute atomic E-state index is 12.1. The second-order valence-electron chi connectivity index (χ2n) is 11.4. The van der Waals surface area contributed by atoms with Gasteiger partial charge in [-0.1, -0.05) is 46.8 Å². The van der Waals surface area contributed by atoms with E-state index in [-0.39, 0.29) is 0 Å². The number of fused-ring (bicyclic) bond motifs is 5. The fraction of sp³-hybridized carbons (Fsp3) is 0.880. The van der Waals surface area contributed by atoms with Gasteiger partial charge in [-0.25, -0.2) is 0 Å². The average Bonchev–Trinajstić information content (AvgIpc) is 2.86. The summed E-state index contributed by atoms with van der Waals surface area (Å²) in [5.74, 6) is 4.57. The molecule has 0 heterocycles. The second-order valence-corrected chi connectivity index (χ2v) is 11.4. The van der Waals surface area contributed by atoms with Gasteiger partial charge in [0.25, 0.3) is 0 Å². The van der Waals surface area contributed by atoms with Crippen LogP contribution in [0.5, 0.6) is 0 Å². The Bertz CT molecular complexity index is 603. The van der Waals surface area contributed by atoms with E-state index in [0.29, 0.717) is 33.9 Å². The molecule has 1 heteroatoms. The first-order valence-corrected chi connectivity index (χ1v) is 11.4. The van der Waals surface area contributed by atoms with Gasteiger partial charge in [-0.15, -0.1) is 0 Å². The zero-order chi connectivity index (χ0) is 18.7. The molecular weight excluding hydrogens is 316 g/mol. The highest BCUT2D eigenvalue weighted by Gasteiger charge is 2.62. The number of Topliss-reactive ketones (excluding diaryl/α,β-unsaturated/α-hetero) is 1. The molecule has 0 aromatic carbocycles. The van der Waals surface area contributed by atoms with Crippen molar-refractivity contribution in [2.75, 3.05) is 0 Å². The zero-order valence-electron chi connectivity index (χ0n) is 17.8. The van der Waals surface area contributed by atoms with Crippen LogP contribution in [0, 0.1) is 45.8 Å². The summed E-state index contributed by atoms with van der Waals surface area (Å²) in [5.41, 5.74) is 1.31. The minimum absolute atomic E-state index is 0.382. The molecule has 0 spiro atoms. The fourth-order valence-corrected chi connectivity index (χ4v) is 8.03. The van der Waals surface area contributed by atoms with E-state index in [0.717, 1.165) is 30.6 Å². The normalized spacial score (nSPS) is 51.4. The molecule has 0 amide bonds. The third-order valence-electron chi connectivity index (χ3n) is 10.00. The molecule has 1 nitrogen and oxygen atoms in total. The number of ketones is 1. The van der Waals surface area contributed by atoms with Gasteiger partial charge in [-0.2, -0.15) is 0 Å². The van der Waals surface area contributed by atoms with E-state index in [1.165, 1.54) is 44.9 Å². The Morgan fingerprint density at radius 1 is 0.962 bits per heavy atom. The first kappa shape index (κ1) is 18.8. The lowest BCUT2D eigenvalue weighted by molar-refractivity contribution is -0.141. The Kier molecular flexibility index (Phi) is 4.48. The number of rotatable bonds is 2. The van der Waals surface area contributed by atoms with Crippen molar-refractivity contribution in [1.82, 2.24) is 0 Å². The number of carbonyl (C=O) groups excluding carboxylic acids is 1. The van der Waals surface area contributed by atoms with Gasteiger partial charge >= 0.3 is 0 Å². The van der Waals surface area contributed by atoms with Crippen LogP contribution in [0.3, 0.4) is 0 Å². The SMILES string of the molecule is CC(C)/C=C/[C@@]1(C)CC[C@H]2C3CCC4CC(=O)CC[C@]4(C)[C@H]3CC[C@@]21C. The average molecular weight is 357 g/mol. The summed E-state index contributed by atoms with van der Waals surface area (Å²) in [4.78, 5) is 12.1. The minimum Gasteiger partial charge on any atom is -0.300 e. The summed E-state index contributed by atoms with van der Waals surface area (Å²) in [5, 5.41) is 0. The van der Waals surface area contributed by atoms with Crippen molar-refractivity contribution in [2.24, 2.45) is 45.8 Å². The van der Waals surface area contributed by atoms with E-state index < -0.39 is 0 Å². The van der Waals surface area contributed by atoms with Gasteiger partial charge in [0, 0.05) is 12.8 Å². The van der Waals surface area contributed by atoms with Crippen LogP contribution in [0.4, 0.5) is 0 Å². The van der Waals surface area contributed by atoms with Crippen LogP contribution >= 0.6 is 0 Å². The molecule has 2 unspecified atom stereocenters. The van der Waals surface area contributed by atoms with Gasteiger partial charge in [0.05, 0.1) is 0 Å². The molecule has 0 aliphatic heterocycles. The van der Waals surface area contributed by atoms with E-state index in [2.05, 4.69) is 46.8 Å². The van der Waals surface area contributed by atoms with Crippen LogP contribution in [-0.4, -0.2) is 5.78 Å². The van der Waals surface area contributed by atoms with Gasteiger partial charge in [0.2, 0.25) is 0 Å². The lowest BCUT2D eigenvalue weighted by Crippen LogP contribution is -2.54. The highest BCUT2D eigenvalue weighted by molar-refractivity contribution is 5.79. The largest absolute Gasteiger partial charge is 0.300 e. The summed E-state index contributed by atoms with van der Waals surface area (Å²) in [6.07, 6.45) is 16.3.